The van der Waals surface area contributed by atoms with Gasteiger partial charge in [-0.1, -0.05) is 6.92 Å². The van der Waals surface area contributed by atoms with Gasteiger partial charge in [-0.05, 0) is 18.5 Å². The lowest BCUT2D eigenvalue weighted by molar-refractivity contribution is 0.269. The minimum absolute atomic E-state index is 0.140. The second-order valence-electron chi connectivity index (χ2n) is 3.22. The second kappa shape index (κ2) is 4.99. The molecule has 0 radical (unpaired) electrons. The molecule has 2 N–H and O–H groups in total. The fraction of sp³-hybridized carbons (Fsp3) is 0.667. The van der Waals surface area contributed by atoms with Crippen LogP contribution < -0.4 is 5.32 Å². The van der Waals surface area contributed by atoms with Crippen molar-refractivity contribution in [3.05, 3.63) is 18.0 Å². The number of aliphatic hydroxyl groups is 1. The zero-order valence-corrected chi connectivity index (χ0v) is 8.20. The minimum atomic E-state index is 0.140. The summed E-state index contributed by atoms with van der Waals surface area (Å²) in [6.07, 6.45) is 3.84. The van der Waals surface area contributed by atoms with E-state index >= 15 is 0 Å². The number of aliphatic hydroxyl groups excluding tert-OH is 1. The monoisotopic (exact) mass is 183 g/mol. The van der Waals surface area contributed by atoms with E-state index in [0.717, 1.165) is 6.54 Å². The first-order valence-corrected chi connectivity index (χ1v) is 4.55. The highest BCUT2D eigenvalue weighted by atomic mass is 16.3. The van der Waals surface area contributed by atoms with Crippen LogP contribution in [0.5, 0.6) is 0 Å². The number of nitrogens with one attached hydrogen (secondary N) is 1. The van der Waals surface area contributed by atoms with Gasteiger partial charge in [0.1, 0.15) is 0 Å². The first-order valence-electron chi connectivity index (χ1n) is 4.55. The summed E-state index contributed by atoms with van der Waals surface area (Å²) in [6.45, 7) is 3.81. The van der Waals surface area contributed by atoms with Crippen molar-refractivity contribution >= 4 is 0 Å². The summed E-state index contributed by atoms with van der Waals surface area (Å²) in [4.78, 5) is 0. The number of aromatic nitrogens is 2. The first-order chi connectivity index (χ1) is 6.27. The molecule has 74 valence electrons. The molecule has 1 aromatic rings. The average molecular weight is 183 g/mol. The molecule has 0 aliphatic rings. The summed E-state index contributed by atoms with van der Waals surface area (Å²) in [5, 5.41) is 16.0. The molecule has 0 saturated carbocycles. The summed E-state index contributed by atoms with van der Waals surface area (Å²) in [6, 6.07) is 0. The SMILES string of the molecule is CNCC(C)c1cnn(CCO)c1. The Bertz CT molecular complexity index is 247. The molecule has 0 amide bonds. The third kappa shape index (κ3) is 2.82. The van der Waals surface area contributed by atoms with Gasteiger partial charge in [-0.25, -0.2) is 0 Å². The van der Waals surface area contributed by atoms with Crippen molar-refractivity contribution in [1.29, 1.82) is 0 Å². The van der Waals surface area contributed by atoms with Crippen LogP contribution in [0.4, 0.5) is 0 Å². The van der Waals surface area contributed by atoms with Gasteiger partial charge in [0.15, 0.2) is 0 Å². The largest absolute Gasteiger partial charge is 0.394 e. The van der Waals surface area contributed by atoms with Gasteiger partial charge < -0.3 is 10.4 Å². The van der Waals surface area contributed by atoms with E-state index in [1.165, 1.54) is 5.56 Å². The van der Waals surface area contributed by atoms with Crippen LogP contribution in [-0.4, -0.2) is 35.1 Å². The van der Waals surface area contributed by atoms with E-state index in [-0.39, 0.29) is 6.61 Å². The topological polar surface area (TPSA) is 50.1 Å². The molecule has 0 aliphatic carbocycles. The Morgan fingerprint density at radius 1 is 1.69 bits per heavy atom. The molecule has 13 heavy (non-hydrogen) atoms. The Morgan fingerprint density at radius 3 is 3.08 bits per heavy atom. The quantitative estimate of drug-likeness (QED) is 0.685. The number of hydrogen-bond acceptors (Lipinski definition) is 3. The zero-order valence-electron chi connectivity index (χ0n) is 8.20. The highest BCUT2D eigenvalue weighted by Crippen LogP contribution is 2.12. The predicted molar refractivity (Wildman–Crippen MR) is 51.7 cm³/mol. The van der Waals surface area contributed by atoms with Gasteiger partial charge in [0.2, 0.25) is 0 Å². The van der Waals surface area contributed by atoms with E-state index in [1.807, 2.05) is 19.4 Å². The third-order valence-corrected chi connectivity index (χ3v) is 2.06. The van der Waals surface area contributed by atoms with Crippen molar-refractivity contribution in [2.45, 2.75) is 19.4 Å². The molecule has 4 nitrogen and oxygen atoms in total. The minimum Gasteiger partial charge on any atom is -0.394 e. The maximum Gasteiger partial charge on any atom is 0.0640 e. The molecule has 0 saturated heterocycles. The van der Waals surface area contributed by atoms with E-state index in [9.17, 15) is 0 Å². The lowest BCUT2D eigenvalue weighted by Gasteiger charge is -2.06. The number of rotatable bonds is 5. The molecule has 1 aromatic heterocycles. The van der Waals surface area contributed by atoms with Crippen LogP contribution in [-0.2, 0) is 6.54 Å². The first kappa shape index (κ1) is 10.2. The molecule has 1 unspecified atom stereocenters. The van der Waals surface area contributed by atoms with Gasteiger partial charge in [0.25, 0.3) is 0 Å². The molecule has 0 spiro atoms. The fourth-order valence-corrected chi connectivity index (χ4v) is 1.28. The summed E-state index contributed by atoms with van der Waals surface area (Å²) in [5.41, 5.74) is 1.21. The van der Waals surface area contributed by atoms with Gasteiger partial charge in [0, 0.05) is 12.7 Å². The van der Waals surface area contributed by atoms with E-state index in [2.05, 4.69) is 17.3 Å². The van der Waals surface area contributed by atoms with Crippen LogP contribution in [0, 0.1) is 0 Å². The maximum atomic E-state index is 8.70. The van der Waals surface area contributed by atoms with Gasteiger partial charge in [-0.15, -0.1) is 0 Å². The number of nitrogens with zero attached hydrogens (tertiary/aromatic N) is 2. The molecule has 1 heterocycles. The van der Waals surface area contributed by atoms with Crippen molar-refractivity contribution < 1.29 is 5.11 Å². The fourth-order valence-electron chi connectivity index (χ4n) is 1.28. The number of hydrogen-bond donors (Lipinski definition) is 2. The molecule has 0 aliphatic heterocycles. The molecular formula is C9H17N3O. The molecule has 0 fully saturated rings. The predicted octanol–water partition coefficient (Wildman–Crippen LogP) is 0.198. The third-order valence-electron chi connectivity index (χ3n) is 2.06. The summed E-state index contributed by atoms with van der Waals surface area (Å²) < 4.78 is 1.77. The maximum absolute atomic E-state index is 8.70. The Labute approximate surface area is 78.6 Å². The normalized spacial score (nSPS) is 13.2. The van der Waals surface area contributed by atoms with Crippen molar-refractivity contribution in [3.8, 4) is 0 Å². The number of likely N-dealkylation sites (N-methyl/N-ethyl adjacent to an activating group) is 1. The Morgan fingerprint density at radius 2 is 2.46 bits per heavy atom. The van der Waals surface area contributed by atoms with Crippen LogP contribution in [0.15, 0.2) is 12.4 Å². The van der Waals surface area contributed by atoms with Gasteiger partial charge in [-0.3, -0.25) is 4.68 Å². The molecule has 1 atom stereocenters. The zero-order chi connectivity index (χ0) is 9.68. The molecule has 4 heteroatoms. The van der Waals surface area contributed by atoms with Crippen LogP contribution in [0.3, 0.4) is 0 Å². The van der Waals surface area contributed by atoms with Gasteiger partial charge in [-0.2, -0.15) is 5.10 Å². The van der Waals surface area contributed by atoms with E-state index in [1.54, 1.807) is 4.68 Å². The Hall–Kier alpha value is -0.870. The summed E-state index contributed by atoms with van der Waals surface area (Å²) in [5.74, 6) is 0.470. The smallest absolute Gasteiger partial charge is 0.0640 e. The van der Waals surface area contributed by atoms with E-state index in [4.69, 9.17) is 5.11 Å². The van der Waals surface area contributed by atoms with Crippen molar-refractivity contribution in [2.24, 2.45) is 0 Å². The lowest BCUT2D eigenvalue weighted by Crippen LogP contribution is -2.14. The molecule has 0 aromatic carbocycles. The van der Waals surface area contributed by atoms with Crippen LogP contribution in [0.25, 0.3) is 0 Å². The highest BCUT2D eigenvalue weighted by molar-refractivity contribution is 5.10. The van der Waals surface area contributed by atoms with Crippen LogP contribution in [0.1, 0.15) is 18.4 Å². The van der Waals surface area contributed by atoms with Gasteiger partial charge in [0.05, 0.1) is 19.3 Å². The Kier molecular flexibility index (Phi) is 3.92. The second-order valence-corrected chi connectivity index (χ2v) is 3.22. The van der Waals surface area contributed by atoms with Crippen molar-refractivity contribution in [3.63, 3.8) is 0 Å². The standard InChI is InChI=1S/C9H17N3O/c1-8(5-10-2)9-6-11-12(7-9)3-4-13/h6-8,10,13H,3-5H2,1-2H3. The molecule has 1 rings (SSSR count). The Balaban J connectivity index is 2.56. The van der Waals surface area contributed by atoms with Crippen LogP contribution in [0.2, 0.25) is 0 Å². The van der Waals surface area contributed by atoms with E-state index < -0.39 is 0 Å². The van der Waals surface area contributed by atoms with Crippen molar-refractivity contribution in [2.75, 3.05) is 20.2 Å². The lowest BCUT2D eigenvalue weighted by atomic mass is 10.1. The molecular weight excluding hydrogens is 166 g/mol. The highest BCUT2D eigenvalue weighted by Gasteiger charge is 2.06. The van der Waals surface area contributed by atoms with E-state index in [0.29, 0.717) is 12.5 Å². The summed E-state index contributed by atoms with van der Waals surface area (Å²) in [7, 11) is 1.94. The molecule has 0 bridgehead atoms. The van der Waals surface area contributed by atoms with Crippen molar-refractivity contribution in [1.82, 2.24) is 15.1 Å². The van der Waals surface area contributed by atoms with Gasteiger partial charge >= 0.3 is 0 Å². The van der Waals surface area contributed by atoms with Crippen LogP contribution >= 0.6 is 0 Å². The summed E-state index contributed by atoms with van der Waals surface area (Å²) >= 11 is 0. The average Bonchev–Trinajstić information content (AvgIpc) is 2.54.